The number of carbonyl (C=O) groups is 1. The topological polar surface area (TPSA) is 49.8 Å². The Hall–Kier alpha value is -0.870. The summed E-state index contributed by atoms with van der Waals surface area (Å²) in [7, 11) is 0. The van der Waals surface area contributed by atoms with Gasteiger partial charge in [-0.05, 0) is 33.2 Å². The second kappa shape index (κ2) is 5.19. The van der Waals surface area contributed by atoms with Gasteiger partial charge < -0.3 is 9.84 Å². The van der Waals surface area contributed by atoms with E-state index in [0.717, 1.165) is 25.9 Å². The first-order valence-corrected chi connectivity index (χ1v) is 6.36. The van der Waals surface area contributed by atoms with Crippen molar-refractivity contribution >= 4 is 5.97 Å². The summed E-state index contributed by atoms with van der Waals surface area (Å²) in [6.45, 7) is 5.80. The summed E-state index contributed by atoms with van der Waals surface area (Å²) in [6, 6.07) is 0.230. The second-order valence-electron chi connectivity index (χ2n) is 4.96. The molecule has 2 fully saturated rings. The van der Waals surface area contributed by atoms with Crippen LogP contribution in [0, 0.1) is 5.92 Å². The molecule has 2 aliphatic rings. The van der Waals surface area contributed by atoms with E-state index in [1.807, 2.05) is 6.92 Å². The van der Waals surface area contributed by atoms with Crippen molar-refractivity contribution in [1.82, 2.24) is 4.90 Å². The highest BCUT2D eigenvalue weighted by molar-refractivity contribution is 5.87. The van der Waals surface area contributed by atoms with Gasteiger partial charge >= 0.3 is 5.97 Å². The van der Waals surface area contributed by atoms with Crippen molar-refractivity contribution in [2.75, 3.05) is 19.7 Å². The van der Waals surface area contributed by atoms with Crippen LogP contribution in [-0.4, -0.2) is 47.8 Å². The molecular weight excluding hydrogens is 218 g/mol. The van der Waals surface area contributed by atoms with Gasteiger partial charge in [0, 0.05) is 24.6 Å². The maximum Gasteiger partial charge on any atom is 0.333 e. The van der Waals surface area contributed by atoms with Crippen molar-refractivity contribution in [3.8, 4) is 0 Å². The molecule has 0 spiro atoms. The number of aliphatic hydroxyl groups excluding tert-OH is 1. The summed E-state index contributed by atoms with van der Waals surface area (Å²) in [4.78, 5) is 14.1. The van der Waals surface area contributed by atoms with E-state index >= 15 is 0 Å². The molecule has 0 amide bonds. The molecule has 2 rings (SSSR count). The normalized spacial score (nSPS) is 33.8. The van der Waals surface area contributed by atoms with Gasteiger partial charge in [-0.2, -0.15) is 0 Å². The maximum absolute atomic E-state index is 11.7. The van der Waals surface area contributed by atoms with Crippen LogP contribution in [0.25, 0.3) is 0 Å². The molecule has 4 heteroatoms. The van der Waals surface area contributed by atoms with E-state index in [9.17, 15) is 9.90 Å². The Balaban J connectivity index is 2.00. The second-order valence-corrected chi connectivity index (χ2v) is 4.96. The smallest absolute Gasteiger partial charge is 0.333 e. The fourth-order valence-corrected chi connectivity index (χ4v) is 2.89. The molecule has 2 aliphatic heterocycles. The van der Waals surface area contributed by atoms with Crippen LogP contribution < -0.4 is 0 Å². The van der Waals surface area contributed by atoms with E-state index in [4.69, 9.17) is 4.74 Å². The quantitative estimate of drug-likeness (QED) is 0.588. The minimum Gasteiger partial charge on any atom is -0.457 e. The molecule has 4 nitrogen and oxygen atoms in total. The summed E-state index contributed by atoms with van der Waals surface area (Å²) in [5.41, 5.74) is 0.655. The van der Waals surface area contributed by atoms with Crippen LogP contribution in [0.2, 0.25) is 0 Å². The zero-order valence-electron chi connectivity index (χ0n) is 10.6. The average molecular weight is 239 g/mol. The predicted octanol–water partition coefficient (Wildman–Crippen LogP) is 0.951. The molecule has 0 saturated carbocycles. The Morgan fingerprint density at radius 1 is 1.47 bits per heavy atom. The highest BCUT2D eigenvalue weighted by Gasteiger charge is 2.45. The predicted molar refractivity (Wildman–Crippen MR) is 64.5 cm³/mol. The van der Waals surface area contributed by atoms with Gasteiger partial charge in [0.1, 0.15) is 6.10 Å². The van der Waals surface area contributed by atoms with E-state index in [-0.39, 0.29) is 30.6 Å². The lowest BCUT2D eigenvalue weighted by molar-refractivity contribution is -0.145. The monoisotopic (exact) mass is 239 g/mol. The molecule has 0 aromatic rings. The molecule has 0 bridgehead atoms. The van der Waals surface area contributed by atoms with E-state index < -0.39 is 0 Å². The lowest BCUT2D eigenvalue weighted by atomic mass is 9.97. The zero-order chi connectivity index (χ0) is 12.4. The number of allylic oxidation sites excluding steroid dienone is 1. The zero-order valence-corrected chi connectivity index (χ0v) is 10.6. The minimum absolute atomic E-state index is 0.0444. The van der Waals surface area contributed by atoms with Gasteiger partial charge in [-0.25, -0.2) is 4.79 Å². The number of hydrogen-bond donors (Lipinski definition) is 1. The Labute approximate surface area is 102 Å². The first-order valence-electron chi connectivity index (χ1n) is 6.36. The Morgan fingerprint density at radius 2 is 2.18 bits per heavy atom. The summed E-state index contributed by atoms with van der Waals surface area (Å²) >= 11 is 0. The van der Waals surface area contributed by atoms with Crippen molar-refractivity contribution in [3.63, 3.8) is 0 Å². The molecule has 0 aromatic carbocycles. The van der Waals surface area contributed by atoms with Gasteiger partial charge in [0.2, 0.25) is 0 Å². The van der Waals surface area contributed by atoms with Crippen molar-refractivity contribution in [3.05, 3.63) is 11.6 Å². The molecule has 3 unspecified atom stereocenters. The van der Waals surface area contributed by atoms with Gasteiger partial charge in [-0.3, -0.25) is 4.90 Å². The number of nitrogens with zero attached hydrogens (tertiary/aromatic N) is 1. The number of ether oxygens (including phenoxy) is 1. The fourth-order valence-electron chi connectivity index (χ4n) is 2.89. The summed E-state index contributed by atoms with van der Waals surface area (Å²) in [5, 5.41) is 9.34. The molecule has 0 radical (unpaired) electrons. The van der Waals surface area contributed by atoms with Gasteiger partial charge in [-0.1, -0.05) is 6.08 Å². The van der Waals surface area contributed by atoms with Gasteiger partial charge in [0.15, 0.2) is 0 Å². The van der Waals surface area contributed by atoms with Gasteiger partial charge in [0.05, 0.1) is 6.04 Å². The number of fused-ring (bicyclic) bond motifs is 1. The summed E-state index contributed by atoms with van der Waals surface area (Å²) in [5.74, 6) is 0.0455. The van der Waals surface area contributed by atoms with Crippen LogP contribution in [0.3, 0.4) is 0 Å². The van der Waals surface area contributed by atoms with Crippen molar-refractivity contribution in [1.29, 1.82) is 0 Å². The molecule has 0 aliphatic carbocycles. The van der Waals surface area contributed by atoms with Crippen molar-refractivity contribution in [2.45, 2.75) is 38.8 Å². The largest absolute Gasteiger partial charge is 0.457 e. The third-order valence-corrected chi connectivity index (χ3v) is 4.02. The lowest BCUT2D eigenvalue weighted by Gasteiger charge is -2.25. The van der Waals surface area contributed by atoms with Crippen LogP contribution >= 0.6 is 0 Å². The SMILES string of the molecule is CC=C(C)C(=O)OC1CCN2CCC(CO)C12. The minimum atomic E-state index is -0.220. The van der Waals surface area contributed by atoms with Crippen LogP contribution in [0.1, 0.15) is 26.7 Å². The highest BCUT2D eigenvalue weighted by Crippen LogP contribution is 2.34. The number of carbonyl (C=O) groups excluding carboxylic acids is 1. The van der Waals surface area contributed by atoms with Crippen LogP contribution in [0.15, 0.2) is 11.6 Å². The molecular formula is C13H21NO3. The number of esters is 1. The molecule has 2 heterocycles. The third-order valence-electron chi connectivity index (χ3n) is 4.02. The molecule has 1 N–H and O–H groups in total. The van der Waals surface area contributed by atoms with Gasteiger partial charge in [-0.15, -0.1) is 0 Å². The lowest BCUT2D eigenvalue weighted by Crippen LogP contribution is -2.38. The van der Waals surface area contributed by atoms with Crippen molar-refractivity contribution < 1.29 is 14.6 Å². The Kier molecular flexibility index (Phi) is 3.84. The molecule has 96 valence electrons. The van der Waals surface area contributed by atoms with Crippen molar-refractivity contribution in [2.24, 2.45) is 5.92 Å². The van der Waals surface area contributed by atoms with Crippen LogP contribution in [-0.2, 0) is 9.53 Å². The highest BCUT2D eigenvalue weighted by atomic mass is 16.5. The summed E-state index contributed by atoms with van der Waals surface area (Å²) < 4.78 is 5.55. The first kappa shape index (κ1) is 12.6. The molecule has 0 aromatic heterocycles. The van der Waals surface area contributed by atoms with E-state index in [1.54, 1.807) is 13.0 Å². The van der Waals surface area contributed by atoms with E-state index in [0.29, 0.717) is 5.57 Å². The van der Waals surface area contributed by atoms with Crippen LogP contribution in [0.5, 0.6) is 0 Å². The standard InChI is InChI=1S/C13H21NO3/c1-3-9(2)13(16)17-11-5-7-14-6-4-10(8-15)12(11)14/h3,10-12,15H,4-8H2,1-2H3. The van der Waals surface area contributed by atoms with Gasteiger partial charge in [0.25, 0.3) is 0 Å². The molecule has 3 atom stereocenters. The Morgan fingerprint density at radius 3 is 2.82 bits per heavy atom. The van der Waals surface area contributed by atoms with E-state index in [1.165, 1.54) is 0 Å². The fraction of sp³-hybridized carbons (Fsp3) is 0.769. The third kappa shape index (κ3) is 2.38. The number of aliphatic hydroxyl groups is 1. The molecule has 17 heavy (non-hydrogen) atoms. The number of hydrogen-bond acceptors (Lipinski definition) is 4. The summed E-state index contributed by atoms with van der Waals surface area (Å²) in [6.07, 6.45) is 3.63. The first-order chi connectivity index (χ1) is 8.17. The number of rotatable bonds is 3. The van der Waals surface area contributed by atoms with Crippen LogP contribution in [0.4, 0.5) is 0 Å². The van der Waals surface area contributed by atoms with E-state index in [2.05, 4.69) is 4.90 Å². The maximum atomic E-state index is 11.7. The molecule has 2 saturated heterocycles. The average Bonchev–Trinajstić information content (AvgIpc) is 2.90. The Bertz CT molecular complexity index is 327.